The normalized spacial score (nSPS) is 12.1. The number of aromatic amines is 1. The van der Waals surface area contributed by atoms with Gasteiger partial charge in [0.05, 0.1) is 26.0 Å². The first-order chi connectivity index (χ1) is 8.21. The molecule has 1 aromatic heterocycles. The summed E-state index contributed by atoms with van der Waals surface area (Å²) in [7, 11) is 0. The molecule has 8 heteroatoms. The minimum Gasteiger partial charge on any atom is -0.350 e. The number of rotatable bonds is 0. The summed E-state index contributed by atoms with van der Waals surface area (Å²) in [6.45, 7) is 0. The lowest BCUT2D eigenvalue weighted by Crippen LogP contribution is -2.14. The molecule has 0 aliphatic heterocycles. The Morgan fingerprint density at radius 2 is 1.67 bits per heavy atom. The van der Waals surface area contributed by atoms with Gasteiger partial charge >= 0.3 is 6.18 Å². The number of hydrogen-bond donors (Lipinski definition) is 1. The van der Waals surface area contributed by atoms with Gasteiger partial charge in [-0.1, -0.05) is 34.8 Å². The number of pyridine rings is 1. The number of alkyl halides is 3. The summed E-state index contributed by atoms with van der Waals surface area (Å²) in [6, 6.07) is 1.59. The Hall–Kier alpha value is -0.910. The maximum absolute atomic E-state index is 12.5. The van der Waals surface area contributed by atoms with E-state index >= 15 is 0 Å². The van der Waals surface area contributed by atoms with E-state index in [9.17, 15) is 18.0 Å². The number of aromatic nitrogens is 1. The molecule has 2 rings (SSSR count). The molecular formula is C10H3Cl3F3NO. The highest BCUT2D eigenvalue weighted by Crippen LogP contribution is 2.35. The smallest absolute Gasteiger partial charge is 0.350 e. The van der Waals surface area contributed by atoms with Crippen molar-refractivity contribution in [3.05, 3.63) is 43.1 Å². The van der Waals surface area contributed by atoms with Gasteiger partial charge in [0.1, 0.15) is 5.69 Å². The van der Waals surface area contributed by atoms with Crippen molar-refractivity contribution >= 4 is 45.7 Å². The summed E-state index contributed by atoms with van der Waals surface area (Å²) in [5.41, 5.74) is -2.28. The molecule has 0 radical (unpaired) electrons. The predicted octanol–water partition coefficient (Wildman–Crippen LogP) is 4.51. The summed E-state index contributed by atoms with van der Waals surface area (Å²) >= 11 is 17.2. The first kappa shape index (κ1) is 13.5. The van der Waals surface area contributed by atoms with E-state index in [0.717, 1.165) is 0 Å². The van der Waals surface area contributed by atoms with E-state index < -0.39 is 17.3 Å². The highest BCUT2D eigenvalue weighted by atomic mass is 35.5. The highest BCUT2D eigenvalue weighted by Gasteiger charge is 2.33. The van der Waals surface area contributed by atoms with Crippen LogP contribution in [0.15, 0.2) is 16.9 Å². The number of nitrogens with one attached hydrogen (secondary N) is 1. The largest absolute Gasteiger partial charge is 0.431 e. The Balaban J connectivity index is 2.96. The number of benzene rings is 1. The van der Waals surface area contributed by atoms with Crippen molar-refractivity contribution in [2.45, 2.75) is 6.18 Å². The summed E-state index contributed by atoms with van der Waals surface area (Å²) in [4.78, 5) is 13.7. The van der Waals surface area contributed by atoms with Crippen molar-refractivity contribution in [3.8, 4) is 0 Å². The first-order valence-corrected chi connectivity index (χ1v) is 5.63. The van der Waals surface area contributed by atoms with Gasteiger partial charge in [0.2, 0.25) is 0 Å². The van der Waals surface area contributed by atoms with Crippen LogP contribution in [0.3, 0.4) is 0 Å². The Bertz CT molecular complexity index is 693. The quantitative estimate of drug-likeness (QED) is 0.713. The van der Waals surface area contributed by atoms with E-state index in [2.05, 4.69) is 0 Å². The molecule has 0 aliphatic carbocycles. The van der Waals surface area contributed by atoms with Crippen LogP contribution in [0.4, 0.5) is 13.2 Å². The van der Waals surface area contributed by atoms with Crippen molar-refractivity contribution in [2.75, 3.05) is 0 Å². The summed E-state index contributed by atoms with van der Waals surface area (Å²) < 4.78 is 37.6. The molecule has 0 saturated carbocycles. The second-order valence-electron chi connectivity index (χ2n) is 3.45. The lowest BCUT2D eigenvalue weighted by molar-refractivity contribution is -0.141. The van der Waals surface area contributed by atoms with Crippen molar-refractivity contribution in [2.24, 2.45) is 0 Å². The van der Waals surface area contributed by atoms with Crippen LogP contribution in [0.5, 0.6) is 0 Å². The molecule has 0 unspecified atom stereocenters. The van der Waals surface area contributed by atoms with E-state index in [0.29, 0.717) is 6.07 Å². The number of halogens is 6. The SMILES string of the molecule is O=c1cc(C(F)(F)F)[nH]c2c(Cl)cc(Cl)c(Cl)c12. The van der Waals surface area contributed by atoms with Crippen LogP contribution >= 0.6 is 34.8 Å². The van der Waals surface area contributed by atoms with Crippen LogP contribution in [0.2, 0.25) is 15.1 Å². The zero-order chi connectivity index (χ0) is 13.7. The van der Waals surface area contributed by atoms with Gasteiger partial charge in [-0.25, -0.2) is 0 Å². The van der Waals surface area contributed by atoms with Gasteiger partial charge in [-0.05, 0) is 6.07 Å². The molecule has 0 amide bonds. The van der Waals surface area contributed by atoms with Crippen molar-refractivity contribution in [3.63, 3.8) is 0 Å². The highest BCUT2D eigenvalue weighted by molar-refractivity contribution is 6.47. The van der Waals surface area contributed by atoms with Crippen LogP contribution in [-0.4, -0.2) is 4.98 Å². The molecule has 18 heavy (non-hydrogen) atoms. The molecule has 0 bridgehead atoms. The molecular weight excluding hydrogens is 313 g/mol. The van der Waals surface area contributed by atoms with Gasteiger partial charge < -0.3 is 4.98 Å². The van der Waals surface area contributed by atoms with Crippen LogP contribution in [0.25, 0.3) is 10.9 Å². The molecule has 0 atom stereocenters. The molecule has 1 aromatic carbocycles. The third kappa shape index (κ3) is 2.18. The summed E-state index contributed by atoms with van der Waals surface area (Å²) in [5, 5.41) is -0.407. The molecule has 2 aromatic rings. The third-order valence-corrected chi connectivity index (χ3v) is 3.34. The minimum atomic E-state index is -4.68. The standard InChI is InChI=1S/C10H3Cl3F3NO/c11-3-1-4(12)9-7(8(3)13)5(18)2-6(17-9)10(14,15)16/h1-2H,(H,17,18). The van der Waals surface area contributed by atoms with Gasteiger partial charge in [-0.2, -0.15) is 13.2 Å². The van der Waals surface area contributed by atoms with Crippen LogP contribution in [0, 0.1) is 0 Å². The maximum Gasteiger partial charge on any atom is 0.431 e. The van der Waals surface area contributed by atoms with Gasteiger partial charge in [0.25, 0.3) is 0 Å². The van der Waals surface area contributed by atoms with E-state index in [1.807, 2.05) is 4.98 Å². The molecule has 1 heterocycles. The Labute approximate surface area is 113 Å². The van der Waals surface area contributed by atoms with Crippen molar-refractivity contribution in [1.82, 2.24) is 4.98 Å². The molecule has 96 valence electrons. The number of fused-ring (bicyclic) bond motifs is 1. The van der Waals surface area contributed by atoms with Crippen molar-refractivity contribution in [1.29, 1.82) is 0 Å². The fourth-order valence-corrected chi connectivity index (χ4v) is 2.23. The van der Waals surface area contributed by atoms with Gasteiger partial charge in [-0.15, -0.1) is 0 Å². The molecule has 0 spiro atoms. The molecule has 0 fully saturated rings. The molecule has 0 saturated heterocycles. The lowest BCUT2D eigenvalue weighted by Gasteiger charge is -2.10. The second kappa shape index (κ2) is 4.33. The zero-order valence-electron chi connectivity index (χ0n) is 8.33. The zero-order valence-corrected chi connectivity index (χ0v) is 10.6. The number of H-pyrrole nitrogens is 1. The van der Waals surface area contributed by atoms with Crippen LogP contribution in [0.1, 0.15) is 5.69 Å². The monoisotopic (exact) mass is 315 g/mol. The molecule has 0 aliphatic rings. The van der Waals surface area contributed by atoms with E-state index in [1.54, 1.807) is 0 Å². The molecule has 2 nitrogen and oxygen atoms in total. The Morgan fingerprint density at radius 3 is 2.22 bits per heavy atom. The predicted molar refractivity (Wildman–Crippen MR) is 64.6 cm³/mol. The van der Waals surface area contributed by atoms with Crippen molar-refractivity contribution < 1.29 is 13.2 Å². The maximum atomic E-state index is 12.5. The van der Waals surface area contributed by atoms with E-state index in [4.69, 9.17) is 34.8 Å². The Morgan fingerprint density at radius 1 is 1.06 bits per heavy atom. The minimum absolute atomic E-state index is 0.000532. The average Bonchev–Trinajstić information content (AvgIpc) is 2.24. The Kier molecular flexibility index (Phi) is 3.25. The average molecular weight is 316 g/mol. The van der Waals surface area contributed by atoms with Crippen LogP contribution < -0.4 is 5.43 Å². The fourth-order valence-electron chi connectivity index (χ4n) is 1.48. The number of hydrogen-bond acceptors (Lipinski definition) is 1. The molecule has 1 N–H and O–H groups in total. The van der Waals surface area contributed by atoms with Gasteiger partial charge in [0.15, 0.2) is 5.43 Å². The van der Waals surface area contributed by atoms with Gasteiger partial charge in [0, 0.05) is 6.07 Å². The topological polar surface area (TPSA) is 32.9 Å². The summed E-state index contributed by atoms with van der Waals surface area (Å²) in [6.07, 6.45) is -4.68. The fraction of sp³-hybridized carbons (Fsp3) is 0.100. The van der Waals surface area contributed by atoms with E-state index in [-0.39, 0.29) is 26.0 Å². The lowest BCUT2D eigenvalue weighted by atomic mass is 10.2. The second-order valence-corrected chi connectivity index (χ2v) is 4.64. The third-order valence-electron chi connectivity index (χ3n) is 2.26. The summed E-state index contributed by atoms with van der Waals surface area (Å²) in [5.74, 6) is 0. The van der Waals surface area contributed by atoms with E-state index in [1.165, 1.54) is 6.07 Å². The first-order valence-electron chi connectivity index (χ1n) is 4.49. The van der Waals surface area contributed by atoms with Gasteiger partial charge in [-0.3, -0.25) is 4.79 Å². The van der Waals surface area contributed by atoms with Crippen LogP contribution in [-0.2, 0) is 6.18 Å².